The van der Waals surface area contributed by atoms with E-state index in [0.717, 1.165) is 50.6 Å². The summed E-state index contributed by atoms with van der Waals surface area (Å²) in [5.41, 5.74) is -0.510. The van der Waals surface area contributed by atoms with Gasteiger partial charge in [0.2, 0.25) is 0 Å². The van der Waals surface area contributed by atoms with E-state index < -0.39 is 81.0 Å². The van der Waals surface area contributed by atoms with Crippen LogP contribution in [0.3, 0.4) is 0 Å². The van der Waals surface area contributed by atoms with Crippen LogP contribution in [-0.4, -0.2) is 153 Å². The average Bonchev–Trinajstić information content (AvgIpc) is 3.08. The lowest BCUT2D eigenvalue weighted by Crippen LogP contribution is -2.52. The summed E-state index contributed by atoms with van der Waals surface area (Å²) in [5.74, 6) is 0. The second-order valence-electron chi connectivity index (χ2n) is 23.3. The van der Waals surface area contributed by atoms with Crippen molar-refractivity contribution in [2.75, 3.05) is 67.4 Å². The molecule has 404 valence electrons. The predicted octanol–water partition coefficient (Wildman–Crippen LogP) is 12.9. The van der Waals surface area contributed by atoms with E-state index in [9.17, 15) is 10.2 Å². The fourth-order valence-corrected chi connectivity index (χ4v) is 48.4. The Morgan fingerprint density at radius 3 is 0.909 bits per heavy atom. The molecule has 0 atom stereocenters. The van der Waals surface area contributed by atoms with Gasteiger partial charge < -0.3 is 58.6 Å². The van der Waals surface area contributed by atoms with Gasteiger partial charge in [0, 0.05) is 39.5 Å². The fraction of sp³-hybridized carbons (Fsp3) is 1.00. The van der Waals surface area contributed by atoms with E-state index in [1.165, 1.54) is 18.9 Å². The van der Waals surface area contributed by atoms with Crippen molar-refractivity contribution in [3.63, 3.8) is 0 Å². The van der Waals surface area contributed by atoms with Gasteiger partial charge in [0.1, 0.15) is 13.6 Å². The van der Waals surface area contributed by atoms with Crippen LogP contribution in [0.15, 0.2) is 0 Å². The molecule has 13 nitrogen and oxygen atoms in total. The highest BCUT2D eigenvalue weighted by atomic mass is 28.5. The zero-order valence-corrected chi connectivity index (χ0v) is 56.1. The van der Waals surface area contributed by atoms with Gasteiger partial charge in [-0.25, -0.2) is 0 Å². The maximum atomic E-state index is 9.42. The molecule has 0 aliphatic rings. The van der Waals surface area contributed by atoms with Crippen molar-refractivity contribution < 1.29 is 58.6 Å². The van der Waals surface area contributed by atoms with Gasteiger partial charge >= 0.3 is 25.7 Å². The lowest BCUT2D eigenvalue weighted by atomic mass is 9.88. The third-order valence-electron chi connectivity index (χ3n) is 9.76. The van der Waals surface area contributed by atoms with E-state index in [4.69, 9.17) is 48.4 Å². The third kappa shape index (κ3) is 45.3. The number of rotatable bonds is 36. The van der Waals surface area contributed by atoms with Gasteiger partial charge in [0.15, 0.2) is 49.9 Å². The minimum Gasteiger partial charge on any atom is -0.437 e. The second-order valence-corrected chi connectivity index (χ2v) is 61.2. The summed E-state index contributed by atoms with van der Waals surface area (Å²) in [6.45, 7) is 52.0. The van der Waals surface area contributed by atoms with Crippen LogP contribution in [0.2, 0.25) is 155 Å². The highest BCUT2D eigenvalue weighted by Gasteiger charge is 2.41. The molecule has 0 aliphatic carbocycles. The number of hydrogen-bond acceptors (Lipinski definition) is 13. The SMILES string of the molecule is C.CCC(CO)(CO)COCCC[Si](C)(C)O[Si](C)(C)O[Si](C)(C)C.CCCC[Si](C)(C)O[Si](C)(C)O[Si](C)(C)CCCOCOC.COCOCCC[Si](C)(C)O[Si](C)(C)O[Si](C)(C)C. The number of ether oxygens (including phenoxy) is 5. The van der Waals surface area contributed by atoms with Crippen LogP contribution < -0.4 is 0 Å². The Morgan fingerprint density at radius 2 is 0.667 bits per heavy atom. The van der Waals surface area contributed by atoms with Crippen LogP contribution in [0.1, 0.15) is 59.8 Å². The largest absolute Gasteiger partial charge is 0.437 e. The van der Waals surface area contributed by atoms with E-state index in [1.54, 1.807) is 14.2 Å². The zero-order valence-electron chi connectivity index (χ0n) is 47.1. The van der Waals surface area contributed by atoms with Gasteiger partial charge in [-0.15, -0.1) is 0 Å². The summed E-state index contributed by atoms with van der Waals surface area (Å²) in [6, 6.07) is 4.46. The van der Waals surface area contributed by atoms with Crippen molar-refractivity contribution >= 4 is 75.6 Å². The fourth-order valence-electron chi connectivity index (χ4n) is 7.85. The highest BCUT2D eigenvalue weighted by molar-refractivity contribution is 6.89. The number of aliphatic hydroxyl groups excluding tert-OH is 2. The molecule has 0 radical (unpaired) electrons. The van der Waals surface area contributed by atoms with E-state index in [0.29, 0.717) is 33.2 Å². The molecule has 0 spiro atoms. The van der Waals surface area contributed by atoms with Crippen molar-refractivity contribution in [2.24, 2.45) is 5.41 Å². The summed E-state index contributed by atoms with van der Waals surface area (Å²) in [5, 5.41) is 18.8. The van der Waals surface area contributed by atoms with Crippen LogP contribution in [0.5, 0.6) is 0 Å². The van der Waals surface area contributed by atoms with Crippen molar-refractivity contribution in [2.45, 2.75) is 215 Å². The van der Waals surface area contributed by atoms with Gasteiger partial charge in [0.05, 0.1) is 19.8 Å². The molecule has 0 aromatic heterocycles. The van der Waals surface area contributed by atoms with Crippen molar-refractivity contribution in [1.82, 2.24) is 0 Å². The molecule has 0 saturated heterocycles. The van der Waals surface area contributed by atoms with E-state index >= 15 is 0 Å². The molecule has 0 rings (SSSR count). The van der Waals surface area contributed by atoms with Gasteiger partial charge in [0.25, 0.3) is 0 Å². The third-order valence-corrected chi connectivity index (χ3v) is 41.5. The Balaban J connectivity index is -0.000000436. The first-order valence-corrected chi connectivity index (χ1v) is 52.2. The maximum absolute atomic E-state index is 9.42. The van der Waals surface area contributed by atoms with Crippen LogP contribution in [0.25, 0.3) is 0 Å². The van der Waals surface area contributed by atoms with E-state index in [2.05, 4.69) is 138 Å². The van der Waals surface area contributed by atoms with Gasteiger partial charge in [-0.05, 0) is 181 Å². The first-order chi connectivity index (χ1) is 29.3. The number of methoxy groups -OCH3 is 2. The van der Waals surface area contributed by atoms with Crippen LogP contribution in [-0.2, 0) is 48.4 Å². The monoisotopic (exact) mass is 1100 g/mol. The molecule has 0 saturated carbocycles. The normalized spacial score (nSPS) is 13.7. The lowest BCUT2D eigenvalue weighted by Gasteiger charge is -2.38. The Hall–Kier alpha value is 1.43. The second kappa shape index (κ2) is 34.8. The molecule has 2 N–H and O–H groups in total. The average molecular weight is 1100 g/mol. The van der Waals surface area contributed by atoms with Gasteiger partial charge in [-0.2, -0.15) is 0 Å². The Kier molecular flexibility index (Phi) is 39.0. The van der Waals surface area contributed by atoms with Crippen molar-refractivity contribution in [3.05, 3.63) is 0 Å². The zero-order chi connectivity index (χ0) is 51.5. The molecule has 0 fully saturated rings. The molecule has 0 unspecified atom stereocenters. The topological polar surface area (TPSA) is 142 Å². The molecule has 0 bridgehead atoms. The molecule has 0 heterocycles. The molecule has 22 heteroatoms. The quantitative estimate of drug-likeness (QED) is 0.0349. The van der Waals surface area contributed by atoms with E-state index in [1.807, 2.05) is 6.92 Å². The van der Waals surface area contributed by atoms with Crippen molar-refractivity contribution in [3.8, 4) is 0 Å². The van der Waals surface area contributed by atoms with Gasteiger partial charge in [-0.3, -0.25) is 0 Å². The van der Waals surface area contributed by atoms with Crippen LogP contribution >= 0.6 is 0 Å². The molecule has 0 aliphatic heterocycles. The van der Waals surface area contributed by atoms with Crippen molar-refractivity contribution in [1.29, 1.82) is 0 Å². The van der Waals surface area contributed by atoms with Gasteiger partial charge in [-0.1, -0.05) is 34.1 Å². The summed E-state index contributed by atoms with van der Waals surface area (Å²) in [6.07, 6.45) is 6.21. The molecule has 0 amide bonds. The standard InChI is InChI=1S/C16H40O5Si3.C15H38O4Si3.C12H32O4Si3.CH4/c1-9-16(13-17,14-18)15-19-11-10-12-23(5,6)21-24(7,8)20-22(2,3)4;1-9-10-13-20(3,4)18-22(7,8)19-21(5,6)14-11-12-17-15-16-2;1-13-12-14-10-9-11-18(5,6)16-19(7,8)15-17(2,3)4;/h17-18H,9-15H2,1-8H3;9-15H2,1-8H3;9-12H2,1-8H3;1H4. The molecule has 0 aromatic carbocycles. The Bertz CT molecular complexity index is 1170. The lowest BCUT2D eigenvalue weighted by molar-refractivity contribution is -0.0303. The maximum Gasteiger partial charge on any atom is 0.311 e. The number of aliphatic hydroxyl groups is 2. The Morgan fingerprint density at radius 1 is 0.394 bits per heavy atom. The Labute approximate surface area is 419 Å². The van der Waals surface area contributed by atoms with Crippen LogP contribution in [0.4, 0.5) is 0 Å². The van der Waals surface area contributed by atoms with Crippen LogP contribution in [0, 0.1) is 5.41 Å². The predicted molar refractivity (Wildman–Crippen MR) is 304 cm³/mol. The summed E-state index contributed by atoms with van der Waals surface area (Å²) < 4.78 is 64.6. The minimum absolute atomic E-state index is 0. The first kappa shape index (κ1) is 74.0. The summed E-state index contributed by atoms with van der Waals surface area (Å²) in [4.78, 5) is 0. The number of unbranched alkanes of at least 4 members (excludes halogenated alkanes) is 1. The first-order valence-electron chi connectivity index (χ1n) is 24.5. The summed E-state index contributed by atoms with van der Waals surface area (Å²) >= 11 is 0. The smallest absolute Gasteiger partial charge is 0.311 e. The minimum atomic E-state index is -2.07. The number of hydrogen-bond donors (Lipinski definition) is 2. The highest BCUT2D eigenvalue weighted by Crippen LogP contribution is 2.28. The summed E-state index contributed by atoms with van der Waals surface area (Å²) in [7, 11) is -12.6. The van der Waals surface area contributed by atoms with E-state index in [-0.39, 0.29) is 20.6 Å². The molecule has 66 heavy (non-hydrogen) atoms. The molecular formula is C44H114O13Si9. The molecule has 0 aromatic rings. The molecular weight excluding hydrogens is 989 g/mol.